The molecule has 0 aliphatic rings. The molecule has 0 heterocycles. The van der Waals surface area contributed by atoms with Crippen LogP contribution in [0.15, 0.2) is 45.3 Å². The molecule has 0 fully saturated rings. The van der Waals surface area contributed by atoms with Crippen LogP contribution in [0.1, 0.15) is 24.2 Å². The predicted octanol–water partition coefficient (Wildman–Crippen LogP) is 5.35. The van der Waals surface area contributed by atoms with Gasteiger partial charge in [-0.2, -0.15) is 0 Å². The van der Waals surface area contributed by atoms with E-state index < -0.39 is 6.10 Å². The summed E-state index contributed by atoms with van der Waals surface area (Å²) in [5, 5.41) is 11.1. The van der Waals surface area contributed by atoms with Gasteiger partial charge in [0.05, 0.1) is 11.6 Å². The van der Waals surface area contributed by atoms with Crippen molar-refractivity contribution in [3.8, 4) is 5.75 Å². The first kappa shape index (κ1) is 15.8. The lowest BCUT2D eigenvalue weighted by molar-refractivity contribution is 0.212. The van der Waals surface area contributed by atoms with Crippen LogP contribution in [0.2, 0.25) is 5.02 Å². The summed E-state index contributed by atoms with van der Waals surface area (Å²) in [7, 11) is 0. The van der Waals surface area contributed by atoms with Crippen LogP contribution >= 0.6 is 43.5 Å². The molecule has 0 saturated carbocycles. The third kappa shape index (κ3) is 3.37. The Morgan fingerprint density at radius 3 is 2.65 bits per heavy atom. The summed E-state index contributed by atoms with van der Waals surface area (Å²) in [6, 6.07) is 11.0. The Hall–Kier alpha value is -0.550. The van der Waals surface area contributed by atoms with Gasteiger partial charge in [-0.15, -0.1) is 0 Å². The fourth-order valence-corrected chi connectivity index (χ4v) is 2.91. The minimum atomic E-state index is -0.848. The molecule has 2 rings (SSSR count). The molecule has 0 aliphatic heterocycles. The zero-order chi connectivity index (χ0) is 14.7. The monoisotopic (exact) mass is 418 g/mol. The average molecular weight is 421 g/mol. The maximum Gasteiger partial charge on any atom is 0.125 e. The van der Waals surface area contributed by atoms with Crippen LogP contribution in [0.4, 0.5) is 0 Å². The van der Waals surface area contributed by atoms with E-state index in [2.05, 4.69) is 31.9 Å². The van der Waals surface area contributed by atoms with E-state index in [9.17, 15) is 5.11 Å². The van der Waals surface area contributed by atoms with Crippen molar-refractivity contribution in [3.63, 3.8) is 0 Å². The first-order chi connectivity index (χ1) is 9.54. The Morgan fingerprint density at radius 1 is 1.20 bits per heavy atom. The molecule has 106 valence electrons. The smallest absolute Gasteiger partial charge is 0.125 e. The van der Waals surface area contributed by atoms with Gasteiger partial charge in [0, 0.05) is 20.1 Å². The van der Waals surface area contributed by atoms with Crippen molar-refractivity contribution in [1.82, 2.24) is 0 Å². The highest BCUT2D eigenvalue weighted by Gasteiger charge is 2.19. The Kier molecular flexibility index (Phi) is 5.49. The highest BCUT2D eigenvalue weighted by atomic mass is 79.9. The van der Waals surface area contributed by atoms with E-state index in [1.807, 2.05) is 37.3 Å². The van der Waals surface area contributed by atoms with E-state index in [0.29, 0.717) is 28.5 Å². The Labute approximate surface area is 140 Å². The molecule has 0 spiro atoms. The molecule has 0 radical (unpaired) electrons. The molecule has 20 heavy (non-hydrogen) atoms. The Balaban J connectivity index is 2.49. The maximum absolute atomic E-state index is 10.6. The van der Waals surface area contributed by atoms with Crippen LogP contribution in [0.25, 0.3) is 0 Å². The second kappa shape index (κ2) is 6.94. The lowest BCUT2D eigenvalue weighted by Gasteiger charge is -2.18. The number of benzene rings is 2. The number of hydrogen-bond donors (Lipinski definition) is 1. The summed E-state index contributed by atoms with van der Waals surface area (Å²) >= 11 is 13.0. The van der Waals surface area contributed by atoms with E-state index >= 15 is 0 Å². The van der Waals surface area contributed by atoms with Gasteiger partial charge in [0.15, 0.2) is 0 Å². The summed E-state index contributed by atoms with van der Waals surface area (Å²) in [4.78, 5) is 0. The number of aliphatic hydroxyl groups is 1. The molecule has 1 N–H and O–H groups in total. The number of aliphatic hydroxyl groups excluding tert-OH is 1. The summed E-state index contributed by atoms with van der Waals surface area (Å²) in [5.41, 5.74) is 1.32. The van der Waals surface area contributed by atoms with Gasteiger partial charge in [0.1, 0.15) is 11.9 Å². The first-order valence-corrected chi connectivity index (χ1v) is 8.05. The van der Waals surface area contributed by atoms with Gasteiger partial charge in [-0.1, -0.05) is 39.7 Å². The van der Waals surface area contributed by atoms with Crippen molar-refractivity contribution in [2.45, 2.75) is 13.0 Å². The van der Waals surface area contributed by atoms with Gasteiger partial charge >= 0.3 is 0 Å². The molecule has 0 saturated heterocycles. The second-order valence-corrected chi connectivity index (χ2v) is 6.31. The second-order valence-electron chi connectivity index (χ2n) is 4.16. The highest BCUT2D eigenvalue weighted by Crippen LogP contribution is 2.37. The van der Waals surface area contributed by atoms with Crippen molar-refractivity contribution >= 4 is 43.5 Å². The normalized spacial score (nSPS) is 12.2. The Bertz CT molecular complexity index is 617. The standard InChI is InChI=1S/C15H13Br2ClO2/c1-2-20-13-7-6-9(16)8-11(13)15(19)10-4-3-5-12(17)14(10)18/h3-8,15,19H,2H2,1H3. The van der Waals surface area contributed by atoms with E-state index in [1.165, 1.54) is 0 Å². The van der Waals surface area contributed by atoms with E-state index in [-0.39, 0.29) is 0 Å². The largest absolute Gasteiger partial charge is 0.493 e. The van der Waals surface area contributed by atoms with Gasteiger partial charge in [0.25, 0.3) is 0 Å². The molecule has 0 bridgehead atoms. The van der Waals surface area contributed by atoms with E-state index in [4.69, 9.17) is 16.3 Å². The van der Waals surface area contributed by atoms with Gasteiger partial charge < -0.3 is 9.84 Å². The van der Waals surface area contributed by atoms with Crippen LogP contribution in [-0.4, -0.2) is 11.7 Å². The molecule has 2 aromatic rings. The van der Waals surface area contributed by atoms with Crippen LogP contribution in [0.5, 0.6) is 5.75 Å². The molecule has 2 aromatic carbocycles. The summed E-state index contributed by atoms with van der Waals surface area (Å²) in [6.45, 7) is 2.44. The van der Waals surface area contributed by atoms with Crippen LogP contribution in [-0.2, 0) is 0 Å². The summed E-state index contributed by atoms with van der Waals surface area (Å²) in [5.74, 6) is 0.652. The fraction of sp³-hybridized carbons (Fsp3) is 0.200. The summed E-state index contributed by atoms with van der Waals surface area (Å²) < 4.78 is 7.20. The molecule has 0 aromatic heterocycles. The molecule has 1 atom stereocenters. The molecule has 1 unspecified atom stereocenters. The van der Waals surface area contributed by atoms with Crippen molar-refractivity contribution in [2.24, 2.45) is 0 Å². The molecule has 0 aliphatic carbocycles. The fourth-order valence-electron chi connectivity index (χ4n) is 1.92. The minimum Gasteiger partial charge on any atom is -0.493 e. The molecule has 0 amide bonds. The number of ether oxygens (including phenoxy) is 1. The minimum absolute atomic E-state index is 0.502. The molecular formula is C15H13Br2ClO2. The van der Waals surface area contributed by atoms with Gasteiger partial charge in [-0.05, 0) is 47.1 Å². The van der Waals surface area contributed by atoms with Gasteiger partial charge in [-0.3, -0.25) is 0 Å². The third-order valence-electron chi connectivity index (χ3n) is 2.84. The van der Waals surface area contributed by atoms with E-state index in [1.54, 1.807) is 6.07 Å². The molecular weight excluding hydrogens is 407 g/mol. The third-order valence-corrected chi connectivity index (χ3v) is 4.65. The zero-order valence-electron chi connectivity index (χ0n) is 10.7. The number of rotatable bonds is 4. The summed E-state index contributed by atoms with van der Waals surface area (Å²) in [6.07, 6.45) is -0.848. The number of hydrogen-bond acceptors (Lipinski definition) is 2. The van der Waals surface area contributed by atoms with Crippen LogP contribution in [0, 0.1) is 0 Å². The molecule has 2 nitrogen and oxygen atoms in total. The van der Waals surface area contributed by atoms with Crippen molar-refractivity contribution < 1.29 is 9.84 Å². The first-order valence-electron chi connectivity index (χ1n) is 6.08. The highest BCUT2D eigenvalue weighted by molar-refractivity contribution is 9.10. The predicted molar refractivity (Wildman–Crippen MR) is 88.5 cm³/mol. The topological polar surface area (TPSA) is 29.5 Å². The van der Waals surface area contributed by atoms with Crippen LogP contribution < -0.4 is 4.74 Å². The van der Waals surface area contributed by atoms with Crippen molar-refractivity contribution in [3.05, 3.63) is 61.5 Å². The SMILES string of the molecule is CCOc1ccc(Br)cc1C(O)c1cccc(Br)c1Cl. The van der Waals surface area contributed by atoms with E-state index in [0.717, 1.165) is 8.95 Å². The lowest BCUT2D eigenvalue weighted by atomic mass is 10.0. The van der Waals surface area contributed by atoms with Gasteiger partial charge in [-0.25, -0.2) is 0 Å². The maximum atomic E-state index is 10.6. The number of halogens is 3. The quantitative estimate of drug-likeness (QED) is 0.723. The average Bonchev–Trinajstić information content (AvgIpc) is 2.43. The van der Waals surface area contributed by atoms with Crippen molar-refractivity contribution in [2.75, 3.05) is 6.61 Å². The lowest BCUT2D eigenvalue weighted by Crippen LogP contribution is -2.05. The van der Waals surface area contributed by atoms with Gasteiger partial charge in [0.2, 0.25) is 0 Å². The Morgan fingerprint density at radius 2 is 1.95 bits per heavy atom. The molecule has 5 heteroatoms. The van der Waals surface area contributed by atoms with Crippen molar-refractivity contribution in [1.29, 1.82) is 0 Å². The zero-order valence-corrected chi connectivity index (χ0v) is 14.7. The van der Waals surface area contributed by atoms with Crippen LogP contribution in [0.3, 0.4) is 0 Å².